The monoisotopic (exact) mass is 510 g/mol. The smallest absolute Gasteiger partial charge is 0.266 e. The Morgan fingerprint density at radius 3 is 2.59 bits per heavy atom. The van der Waals surface area contributed by atoms with Crippen LogP contribution >= 0.6 is 27.5 Å². The molecule has 1 N–H and O–H groups in total. The summed E-state index contributed by atoms with van der Waals surface area (Å²) in [4.78, 5) is 1.23. The Labute approximate surface area is 180 Å². The average Bonchev–Trinajstić information content (AvgIpc) is 3.05. The van der Waals surface area contributed by atoms with Gasteiger partial charge in [0.1, 0.15) is 16.7 Å². The van der Waals surface area contributed by atoms with E-state index in [4.69, 9.17) is 21.1 Å². The fourth-order valence-corrected chi connectivity index (χ4v) is 5.35. The van der Waals surface area contributed by atoms with Crippen LogP contribution in [0.3, 0.4) is 0 Å². The Balaban J connectivity index is 1.90. The SMILES string of the molecule is COc1cc(Br)c(S(=O)(=O)Nc2ccc(Cl)c(O[C@@H]3CCN(C)C3)c2)c(F)c1F. The Morgan fingerprint density at radius 2 is 1.97 bits per heavy atom. The summed E-state index contributed by atoms with van der Waals surface area (Å²) in [6, 6.07) is 5.32. The van der Waals surface area contributed by atoms with Gasteiger partial charge in [0.25, 0.3) is 10.0 Å². The predicted octanol–water partition coefficient (Wildman–Crippen LogP) is 4.27. The second-order valence-corrected chi connectivity index (χ2v) is 9.44. The van der Waals surface area contributed by atoms with Crippen molar-refractivity contribution < 1.29 is 26.7 Å². The Hall–Kier alpha value is -1.62. The highest BCUT2D eigenvalue weighted by Gasteiger charge is 2.29. The molecule has 0 amide bonds. The lowest BCUT2D eigenvalue weighted by atomic mass is 10.3. The van der Waals surface area contributed by atoms with E-state index in [1.807, 2.05) is 7.05 Å². The number of rotatable bonds is 6. The summed E-state index contributed by atoms with van der Waals surface area (Å²) in [5.41, 5.74) is 0.0956. The second-order valence-electron chi connectivity index (χ2n) is 6.56. The summed E-state index contributed by atoms with van der Waals surface area (Å²) in [5, 5.41) is 0.311. The zero-order valence-electron chi connectivity index (χ0n) is 15.5. The van der Waals surface area contributed by atoms with Crippen LogP contribution < -0.4 is 14.2 Å². The number of methoxy groups -OCH3 is 1. The Bertz CT molecular complexity index is 1040. The first kappa shape index (κ1) is 22.1. The molecule has 29 heavy (non-hydrogen) atoms. The highest BCUT2D eigenvalue weighted by molar-refractivity contribution is 9.10. The van der Waals surface area contributed by atoms with Gasteiger partial charge in [0.15, 0.2) is 11.6 Å². The summed E-state index contributed by atoms with van der Waals surface area (Å²) < 4.78 is 66.5. The number of benzene rings is 2. The average molecular weight is 512 g/mol. The van der Waals surface area contributed by atoms with Crippen LogP contribution in [0.25, 0.3) is 0 Å². The number of anilines is 1. The molecule has 1 aliphatic rings. The number of nitrogens with zero attached hydrogens (tertiary/aromatic N) is 1. The van der Waals surface area contributed by atoms with E-state index in [2.05, 4.69) is 25.6 Å². The zero-order valence-corrected chi connectivity index (χ0v) is 18.7. The van der Waals surface area contributed by atoms with Gasteiger partial charge in [-0.3, -0.25) is 4.72 Å². The van der Waals surface area contributed by atoms with E-state index in [1.165, 1.54) is 18.2 Å². The minimum atomic E-state index is -4.46. The summed E-state index contributed by atoms with van der Waals surface area (Å²) in [6.45, 7) is 1.60. The molecular weight excluding hydrogens is 494 g/mol. The van der Waals surface area contributed by atoms with Crippen LogP contribution in [0.2, 0.25) is 5.02 Å². The van der Waals surface area contributed by atoms with Crippen molar-refractivity contribution in [2.75, 3.05) is 32.0 Å². The first-order chi connectivity index (χ1) is 13.6. The lowest BCUT2D eigenvalue weighted by molar-refractivity contribution is 0.208. The van der Waals surface area contributed by atoms with Crippen LogP contribution in [0.1, 0.15) is 6.42 Å². The lowest BCUT2D eigenvalue weighted by Crippen LogP contribution is -2.21. The molecule has 6 nitrogen and oxygen atoms in total. The third kappa shape index (κ3) is 4.76. The van der Waals surface area contributed by atoms with Gasteiger partial charge < -0.3 is 14.4 Å². The molecule has 2 aromatic rings. The number of likely N-dealkylation sites (tertiary alicyclic amines) is 1. The number of likely N-dealkylation sites (N-methyl/N-ethyl adjacent to an activating group) is 1. The highest BCUT2D eigenvalue weighted by atomic mass is 79.9. The van der Waals surface area contributed by atoms with E-state index in [-0.39, 0.29) is 16.3 Å². The van der Waals surface area contributed by atoms with Crippen molar-refractivity contribution in [3.8, 4) is 11.5 Å². The second kappa shape index (κ2) is 8.63. The Morgan fingerprint density at radius 1 is 1.24 bits per heavy atom. The van der Waals surface area contributed by atoms with Crippen molar-refractivity contribution >= 4 is 43.2 Å². The molecule has 0 aromatic heterocycles. The molecule has 158 valence electrons. The van der Waals surface area contributed by atoms with E-state index in [0.717, 1.165) is 32.7 Å². The van der Waals surface area contributed by atoms with Gasteiger partial charge >= 0.3 is 0 Å². The molecule has 0 unspecified atom stereocenters. The number of hydrogen-bond donors (Lipinski definition) is 1. The van der Waals surface area contributed by atoms with Crippen LogP contribution in [0.15, 0.2) is 33.6 Å². The van der Waals surface area contributed by atoms with Gasteiger partial charge in [-0.2, -0.15) is 4.39 Å². The van der Waals surface area contributed by atoms with Gasteiger partial charge in [-0.25, -0.2) is 12.8 Å². The van der Waals surface area contributed by atoms with Crippen molar-refractivity contribution in [2.24, 2.45) is 0 Å². The standard InChI is InChI=1S/C18H18BrClF2N2O4S/c1-24-6-5-11(9-24)28-14-7-10(3-4-13(14)20)23-29(25,26)18-12(19)8-15(27-2)16(21)17(18)22/h3-4,7-8,11,23H,5-6,9H2,1-2H3/t11-/m1/s1. The van der Waals surface area contributed by atoms with Gasteiger partial charge in [-0.1, -0.05) is 11.6 Å². The fraction of sp³-hybridized carbons (Fsp3) is 0.333. The number of ether oxygens (including phenoxy) is 2. The quantitative estimate of drug-likeness (QED) is 0.587. The van der Waals surface area contributed by atoms with Crippen molar-refractivity contribution in [3.63, 3.8) is 0 Å². The summed E-state index contributed by atoms with van der Waals surface area (Å²) in [6.07, 6.45) is 0.734. The van der Waals surface area contributed by atoms with E-state index in [9.17, 15) is 17.2 Å². The van der Waals surface area contributed by atoms with Crippen LogP contribution in [-0.4, -0.2) is 46.7 Å². The van der Waals surface area contributed by atoms with Gasteiger partial charge in [0.05, 0.1) is 17.8 Å². The molecule has 2 aromatic carbocycles. The maximum absolute atomic E-state index is 14.4. The molecular formula is C18H18BrClF2N2O4S. The molecule has 3 rings (SSSR count). The first-order valence-corrected chi connectivity index (χ1v) is 11.2. The minimum absolute atomic E-state index is 0.0772. The largest absolute Gasteiger partial charge is 0.494 e. The Kier molecular flexibility index (Phi) is 6.57. The molecule has 0 saturated carbocycles. The van der Waals surface area contributed by atoms with Crippen LogP contribution in [0.5, 0.6) is 11.5 Å². The zero-order chi connectivity index (χ0) is 21.3. The molecule has 1 atom stereocenters. The maximum Gasteiger partial charge on any atom is 0.266 e. The number of nitrogens with one attached hydrogen (secondary N) is 1. The van der Waals surface area contributed by atoms with Crippen molar-refractivity contribution in [1.29, 1.82) is 0 Å². The highest BCUT2D eigenvalue weighted by Crippen LogP contribution is 2.35. The van der Waals surface area contributed by atoms with E-state index in [0.29, 0.717) is 10.8 Å². The summed E-state index contributed by atoms with van der Waals surface area (Å²) in [5.74, 6) is -3.07. The fourth-order valence-electron chi connectivity index (χ4n) is 2.99. The van der Waals surface area contributed by atoms with Crippen molar-refractivity contribution in [1.82, 2.24) is 4.90 Å². The molecule has 1 saturated heterocycles. The number of hydrogen-bond acceptors (Lipinski definition) is 5. The third-order valence-corrected chi connectivity index (χ3v) is 7.04. The maximum atomic E-state index is 14.4. The topological polar surface area (TPSA) is 67.9 Å². The van der Waals surface area contributed by atoms with Crippen molar-refractivity contribution in [3.05, 3.63) is 45.4 Å². The molecule has 1 aliphatic heterocycles. The molecule has 0 radical (unpaired) electrons. The normalized spacial score (nSPS) is 17.4. The molecule has 1 fully saturated rings. The summed E-state index contributed by atoms with van der Waals surface area (Å²) in [7, 11) is -1.35. The summed E-state index contributed by atoms with van der Waals surface area (Å²) >= 11 is 9.11. The van der Waals surface area contributed by atoms with Gasteiger partial charge in [0, 0.05) is 23.6 Å². The van der Waals surface area contributed by atoms with E-state index >= 15 is 0 Å². The number of sulfonamides is 1. The molecule has 0 bridgehead atoms. The van der Waals surface area contributed by atoms with E-state index in [1.54, 1.807) is 0 Å². The third-order valence-electron chi connectivity index (χ3n) is 4.40. The van der Waals surface area contributed by atoms with E-state index < -0.39 is 32.3 Å². The number of halogens is 4. The van der Waals surface area contributed by atoms with Gasteiger partial charge in [0.2, 0.25) is 5.82 Å². The van der Waals surface area contributed by atoms with Crippen molar-refractivity contribution in [2.45, 2.75) is 17.4 Å². The molecule has 0 aliphatic carbocycles. The molecule has 0 spiro atoms. The first-order valence-electron chi connectivity index (χ1n) is 8.51. The van der Waals surface area contributed by atoms with Crippen LogP contribution in [0.4, 0.5) is 14.5 Å². The predicted molar refractivity (Wildman–Crippen MR) is 109 cm³/mol. The minimum Gasteiger partial charge on any atom is -0.494 e. The van der Waals surface area contributed by atoms with Crippen LogP contribution in [0, 0.1) is 11.6 Å². The molecule has 11 heteroatoms. The van der Waals surface area contributed by atoms with Gasteiger partial charge in [-0.15, -0.1) is 0 Å². The lowest BCUT2D eigenvalue weighted by Gasteiger charge is -2.17. The van der Waals surface area contributed by atoms with Crippen LogP contribution in [-0.2, 0) is 10.0 Å². The van der Waals surface area contributed by atoms with Gasteiger partial charge in [-0.05, 0) is 47.6 Å². The molecule has 1 heterocycles.